The molecule has 0 atom stereocenters. The fourth-order valence-electron chi connectivity index (χ4n) is 1.03. The molecule has 0 aliphatic rings. The first-order valence-electron chi connectivity index (χ1n) is 4.21. The lowest BCUT2D eigenvalue weighted by molar-refractivity contribution is 0.594. The summed E-state index contributed by atoms with van der Waals surface area (Å²) in [5.74, 6) is -0.951. The highest BCUT2D eigenvalue weighted by Crippen LogP contribution is 2.18. The average Bonchev–Trinajstić information content (AvgIpc) is 2.14. The van der Waals surface area contributed by atoms with Crippen molar-refractivity contribution in [2.45, 2.75) is 13.3 Å². The summed E-state index contributed by atoms with van der Waals surface area (Å²) in [6.07, 6.45) is 0.259. The van der Waals surface area contributed by atoms with E-state index in [-0.39, 0.29) is 17.7 Å². The van der Waals surface area contributed by atoms with Gasteiger partial charge in [-0.3, -0.25) is 0 Å². The van der Waals surface area contributed by atoms with E-state index < -0.39 is 11.6 Å². The molecule has 0 aromatic heterocycles. The molecule has 0 fully saturated rings. The molecule has 0 saturated carbocycles. The quantitative estimate of drug-likeness (QED) is 0.754. The summed E-state index contributed by atoms with van der Waals surface area (Å²) in [6, 6.07) is 4.13. The van der Waals surface area contributed by atoms with Gasteiger partial charge in [0.25, 0.3) is 0 Å². The molecular formula is C10H10F2N2. The van der Waals surface area contributed by atoms with Gasteiger partial charge < -0.3 is 5.32 Å². The van der Waals surface area contributed by atoms with Crippen LogP contribution in [-0.4, -0.2) is 6.54 Å². The first-order valence-corrected chi connectivity index (χ1v) is 4.21. The van der Waals surface area contributed by atoms with E-state index in [0.717, 1.165) is 12.1 Å². The van der Waals surface area contributed by atoms with E-state index in [9.17, 15) is 8.78 Å². The Morgan fingerprint density at radius 3 is 2.71 bits per heavy atom. The Morgan fingerprint density at radius 2 is 2.07 bits per heavy atom. The van der Waals surface area contributed by atoms with Crippen LogP contribution in [0.15, 0.2) is 12.1 Å². The summed E-state index contributed by atoms with van der Waals surface area (Å²) >= 11 is 0. The van der Waals surface area contributed by atoms with Crippen LogP contribution in [0.25, 0.3) is 0 Å². The number of hydrogen-bond acceptors (Lipinski definition) is 2. The Hall–Kier alpha value is -1.63. The molecule has 14 heavy (non-hydrogen) atoms. The normalized spacial score (nSPS) is 9.57. The average molecular weight is 196 g/mol. The summed E-state index contributed by atoms with van der Waals surface area (Å²) < 4.78 is 26.1. The van der Waals surface area contributed by atoms with Crippen LogP contribution in [-0.2, 0) is 0 Å². The standard InChI is InChI=1S/C10H10F2N2/c1-7-5-9(12)10(6-8(7)11)14-4-2-3-13/h5-6,14H,2,4H2,1H3. The maximum atomic E-state index is 13.1. The van der Waals surface area contributed by atoms with Crippen LogP contribution in [0.1, 0.15) is 12.0 Å². The third-order valence-electron chi connectivity index (χ3n) is 1.80. The van der Waals surface area contributed by atoms with Crippen molar-refractivity contribution in [2.24, 2.45) is 0 Å². The maximum absolute atomic E-state index is 13.1. The molecule has 0 radical (unpaired) electrons. The van der Waals surface area contributed by atoms with Crippen LogP contribution in [0.4, 0.5) is 14.5 Å². The first kappa shape index (κ1) is 10.5. The van der Waals surface area contributed by atoms with E-state index in [1.807, 2.05) is 6.07 Å². The molecule has 74 valence electrons. The highest BCUT2D eigenvalue weighted by molar-refractivity contribution is 5.46. The van der Waals surface area contributed by atoms with E-state index in [4.69, 9.17) is 5.26 Å². The number of hydrogen-bond donors (Lipinski definition) is 1. The number of nitriles is 1. The van der Waals surface area contributed by atoms with Gasteiger partial charge in [-0.25, -0.2) is 8.78 Å². The van der Waals surface area contributed by atoms with Gasteiger partial charge in [-0.1, -0.05) is 0 Å². The zero-order chi connectivity index (χ0) is 10.6. The minimum atomic E-state index is -0.498. The first-order chi connectivity index (χ1) is 6.65. The zero-order valence-electron chi connectivity index (χ0n) is 7.77. The van der Waals surface area contributed by atoms with Crippen molar-refractivity contribution in [3.8, 4) is 6.07 Å². The van der Waals surface area contributed by atoms with Crippen molar-refractivity contribution in [1.82, 2.24) is 0 Å². The summed E-state index contributed by atoms with van der Waals surface area (Å²) in [7, 11) is 0. The molecule has 4 heteroatoms. The van der Waals surface area contributed by atoms with Crippen molar-refractivity contribution in [2.75, 3.05) is 11.9 Å². The number of aryl methyl sites for hydroxylation is 1. The molecule has 0 saturated heterocycles. The van der Waals surface area contributed by atoms with Gasteiger partial charge >= 0.3 is 0 Å². The van der Waals surface area contributed by atoms with Crippen molar-refractivity contribution in [1.29, 1.82) is 5.26 Å². The van der Waals surface area contributed by atoms with Gasteiger partial charge in [-0.15, -0.1) is 0 Å². The van der Waals surface area contributed by atoms with Gasteiger partial charge in [0.15, 0.2) is 0 Å². The van der Waals surface area contributed by atoms with Crippen LogP contribution in [0.2, 0.25) is 0 Å². The van der Waals surface area contributed by atoms with E-state index in [1.54, 1.807) is 0 Å². The molecule has 0 spiro atoms. The highest BCUT2D eigenvalue weighted by atomic mass is 19.1. The third kappa shape index (κ3) is 2.43. The van der Waals surface area contributed by atoms with E-state index in [2.05, 4.69) is 5.32 Å². The van der Waals surface area contributed by atoms with Gasteiger partial charge in [0.2, 0.25) is 0 Å². The number of benzene rings is 1. The van der Waals surface area contributed by atoms with Gasteiger partial charge in [0.05, 0.1) is 18.2 Å². The second-order valence-corrected chi connectivity index (χ2v) is 2.92. The SMILES string of the molecule is Cc1cc(F)c(NCCC#N)cc1F. The molecule has 0 amide bonds. The number of anilines is 1. The van der Waals surface area contributed by atoms with E-state index in [0.29, 0.717) is 6.54 Å². The van der Waals surface area contributed by atoms with E-state index in [1.165, 1.54) is 6.92 Å². The fraction of sp³-hybridized carbons (Fsp3) is 0.300. The molecule has 1 N–H and O–H groups in total. The Kier molecular flexibility index (Phi) is 3.41. The molecule has 0 aliphatic carbocycles. The monoisotopic (exact) mass is 196 g/mol. The summed E-state index contributed by atoms with van der Waals surface area (Å²) in [4.78, 5) is 0. The maximum Gasteiger partial charge on any atom is 0.146 e. The Balaban J connectivity index is 2.78. The molecule has 1 rings (SSSR count). The van der Waals surface area contributed by atoms with Gasteiger partial charge in [0, 0.05) is 12.6 Å². The molecule has 0 aliphatic heterocycles. The molecule has 2 nitrogen and oxygen atoms in total. The van der Waals surface area contributed by atoms with Crippen LogP contribution >= 0.6 is 0 Å². The molecular weight excluding hydrogens is 186 g/mol. The number of nitrogens with zero attached hydrogens (tertiary/aromatic N) is 1. The topological polar surface area (TPSA) is 35.8 Å². The molecule has 1 aromatic carbocycles. The van der Waals surface area contributed by atoms with Crippen molar-refractivity contribution in [3.63, 3.8) is 0 Å². The smallest absolute Gasteiger partial charge is 0.146 e. The van der Waals surface area contributed by atoms with Crippen LogP contribution in [0, 0.1) is 29.9 Å². The Morgan fingerprint density at radius 1 is 1.36 bits per heavy atom. The van der Waals surface area contributed by atoms with Crippen LogP contribution in [0.5, 0.6) is 0 Å². The predicted octanol–water partition coefficient (Wildman–Crippen LogP) is 2.60. The summed E-state index contributed by atoms with van der Waals surface area (Å²) in [5, 5.41) is 10.9. The minimum Gasteiger partial charge on any atom is -0.382 e. The molecule has 0 heterocycles. The number of halogens is 2. The summed E-state index contributed by atoms with van der Waals surface area (Å²) in [5.41, 5.74) is 0.372. The number of nitrogens with one attached hydrogen (secondary N) is 1. The molecule has 0 bridgehead atoms. The second-order valence-electron chi connectivity index (χ2n) is 2.92. The number of rotatable bonds is 3. The molecule has 1 aromatic rings. The van der Waals surface area contributed by atoms with Gasteiger partial charge in [-0.05, 0) is 18.6 Å². The predicted molar refractivity (Wildman–Crippen MR) is 49.8 cm³/mol. The van der Waals surface area contributed by atoms with Crippen LogP contribution < -0.4 is 5.32 Å². The minimum absolute atomic E-state index is 0.100. The second kappa shape index (κ2) is 4.56. The largest absolute Gasteiger partial charge is 0.382 e. The highest BCUT2D eigenvalue weighted by Gasteiger charge is 2.05. The van der Waals surface area contributed by atoms with Crippen LogP contribution in [0.3, 0.4) is 0 Å². The van der Waals surface area contributed by atoms with E-state index >= 15 is 0 Å². The lowest BCUT2D eigenvalue weighted by atomic mass is 10.2. The zero-order valence-corrected chi connectivity index (χ0v) is 7.77. The molecule has 0 unspecified atom stereocenters. The van der Waals surface area contributed by atoms with Gasteiger partial charge in [0.1, 0.15) is 11.6 Å². The van der Waals surface area contributed by atoms with Gasteiger partial charge in [-0.2, -0.15) is 5.26 Å². The summed E-state index contributed by atoms with van der Waals surface area (Å²) in [6.45, 7) is 1.81. The van der Waals surface area contributed by atoms with Crippen molar-refractivity contribution in [3.05, 3.63) is 29.3 Å². The lowest BCUT2D eigenvalue weighted by Crippen LogP contribution is -2.03. The van der Waals surface area contributed by atoms with Crippen molar-refractivity contribution < 1.29 is 8.78 Å². The fourth-order valence-corrected chi connectivity index (χ4v) is 1.03. The Bertz CT molecular complexity index is 369. The Labute approximate surface area is 81.2 Å². The lowest BCUT2D eigenvalue weighted by Gasteiger charge is -2.06. The third-order valence-corrected chi connectivity index (χ3v) is 1.80. The van der Waals surface area contributed by atoms with Crippen molar-refractivity contribution >= 4 is 5.69 Å².